The lowest BCUT2D eigenvalue weighted by atomic mass is 9.75. The van der Waals surface area contributed by atoms with Crippen LogP contribution in [0.25, 0.3) is 11.1 Å². The van der Waals surface area contributed by atoms with E-state index in [1.54, 1.807) is 32.3 Å². The second kappa shape index (κ2) is 17.0. The highest BCUT2D eigenvalue weighted by molar-refractivity contribution is 5.95. The van der Waals surface area contributed by atoms with Crippen LogP contribution in [0.5, 0.6) is 0 Å². The van der Waals surface area contributed by atoms with Crippen molar-refractivity contribution in [1.82, 2.24) is 15.1 Å². The summed E-state index contributed by atoms with van der Waals surface area (Å²) in [6.07, 6.45) is 7.88. The van der Waals surface area contributed by atoms with Crippen LogP contribution in [0.4, 0.5) is 4.39 Å². The molecule has 4 aromatic carbocycles. The first kappa shape index (κ1) is 36.2. The van der Waals surface area contributed by atoms with E-state index in [1.807, 2.05) is 84.9 Å². The Morgan fingerprint density at radius 3 is 1.92 bits per heavy atom. The number of benzene rings is 4. The van der Waals surface area contributed by atoms with E-state index < -0.39 is 12.1 Å². The van der Waals surface area contributed by atoms with Crippen LogP contribution in [0.2, 0.25) is 0 Å². The van der Waals surface area contributed by atoms with Gasteiger partial charge in [-0.25, -0.2) is 4.39 Å². The predicted octanol–water partition coefficient (Wildman–Crippen LogP) is 6.12. The topological polar surface area (TPSA) is 95.7 Å². The molecule has 1 aliphatic rings. The van der Waals surface area contributed by atoms with Crippen molar-refractivity contribution in [2.45, 2.75) is 62.6 Å². The summed E-state index contributed by atoms with van der Waals surface area (Å²) >= 11 is 0. The Hall–Kier alpha value is -5.08. The number of nitrogens with zero attached hydrogens (tertiary/aromatic N) is 2. The van der Waals surface area contributed by atoms with Crippen molar-refractivity contribution in [2.24, 2.45) is 5.73 Å². The fraction of sp³-hybridized carbons (Fsp3) is 0.310. The van der Waals surface area contributed by atoms with Gasteiger partial charge in [-0.3, -0.25) is 14.4 Å². The van der Waals surface area contributed by atoms with Crippen LogP contribution in [0, 0.1) is 5.82 Å². The summed E-state index contributed by atoms with van der Waals surface area (Å²) in [4.78, 5) is 44.7. The summed E-state index contributed by atoms with van der Waals surface area (Å²) in [5.41, 5.74) is 10.9. The maximum absolute atomic E-state index is 14.5. The fourth-order valence-corrected chi connectivity index (χ4v) is 6.31. The predicted molar refractivity (Wildman–Crippen MR) is 196 cm³/mol. The molecule has 1 saturated carbocycles. The van der Waals surface area contributed by atoms with E-state index in [-0.39, 0.29) is 41.9 Å². The summed E-state index contributed by atoms with van der Waals surface area (Å²) in [7, 11) is 3.22. The highest BCUT2D eigenvalue weighted by Gasteiger charge is 2.35. The Bertz CT molecular complexity index is 1740. The van der Waals surface area contributed by atoms with E-state index in [0.29, 0.717) is 24.9 Å². The van der Waals surface area contributed by atoms with Gasteiger partial charge in [0, 0.05) is 39.0 Å². The molecule has 260 valence electrons. The van der Waals surface area contributed by atoms with E-state index in [0.717, 1.165) is 41.5 Å². The molecule has 1 aliphatic carbocycles. The standard InChI is InChI=1S/C42H47FN4O3/c1-46(39(48)15-9-25-42(44)26-10-27-42)38(30-32-16-20-35(21-17-32)34-13-7-4-8-14-34)41(50)47(2)37(29-33-18-22-36(43)23-19-33)40(49)45-28-24-31-11-5-3-6-12-31/h3-9,11-23,37-38H,10,24-30,44H2,1-2H3,(H,45,49)/t37-,38-/m1/s1. The van der Waals surface area contributed by atoms with Gasteiger partial charge in [0.2, 0.25) is 17.7 Å². The van der Waals surface area contributed by atoms with Crippen LogP contribution in [0.1, 0.15) is 42.4 Å². The molecule has 1 fully saturated rings. The molecule has 0 heterocycles. The van der Waals surface area contributed by atoms with E-state index in [2.05, 4.69) is 5.32 Å². The van der Waals surface area contributed by atoms with Crippen LogP contribution in [0.15, 0.2) is 121 Å². The van der Waals surface area contributed by atoms with E-state index in [1.165, 1.54) is 28.0 Å². The summed E-state index contributed by atoms with van der Waals surface area (Å²) in [6, 6.07) is 31.9. The van der Waals surface area contributed by atoms with Crippen molar-refractivity contribution in [3.05, 3.63) is 144 Å². The number of carbonyl (C=O) groups excluding carboxylic acids is 3. The molecule has 5 rings (SSSR count). The van der Waals surface area contributed by atoms with Gasteiger partial charge < -0.3 is 20.9 Å². The lowest BCUT2D eigenvalue weighted by Gasteiger charge is -2.37. The largest absolute Gasteiger partial charge is 0.354 e. The second-order valence-corrected chi connectivity index (χ2v) is 13.4. The Labute approximate surface area is 295 Å². The normalized spacial score (nSPS) is 14.7. The Morgan fingerprint density at radius 2 is 1.32 bits per heavy atom. The monoisotopic (exact) mass is 674 g/mol. The molecule has 2 atom stereocenters. The third-order valence-electron chi connectivity index (χ3n) is 9.74. The average molecular weight is 675 g/mol. The summed E-state index contributed by atoms with van der Waals surface area (Å²) < 4.78 is 13.8. The number of halogens is 1. The summed E-state index contributed by atoms with van der Waals surface area (Å²) in [5.74, 6) is -1.40. The number of hydrogen-bond donors (Lipinski definition) is 2. The van der Waals surface area contributed by atoms with Gasteiger partial charge in [-0.2, -0.15) is 0 Å². The van der Waals surface area contributed by atoms with Crippen molar-refractivity contribution in [3.8, 4) is 11.1 Å². The van der Waals surface area contributed by atoms with Gasteiger partial charge in [-0.15, -0.1) is 0 Å². The average Bonchev–Trinajstić information content (AvgIpc) is 3.13. The SMILES string of the molecule is CN(C(=O)C=CCC1(N)CCC1)[C@H](Cc1ccc(-c2ccccc2)cc1)C(=O)N(C)[C@H](Cc1ccc(F)cc1)C(=O)NCCc1ccccc1. The zero-order valence-corrected chi connectivity index (χ0v) is 28.9. The smallest absolute Gasteiger partial charge is 0.246 e. The molecular formula is C42H47FN4O3. The van der Waals surface area contributed by atoms with Crippen LogP contribution >= 0.6 is 0 Å². The molecule has 7 nitrogen and oxygen atoms in total. The molecule has 3 N–H and O–H groups in total. The highest BCUT2D eigenvalue weighted by atomic mass is 19.1. The molecule has 0 unspecified atom stereocenters. The first-order valence-corrected chi connectivity index (χ1v) is 17.3. The number of nitrogens with one attached hydrogen (secondary N) is 1. The van der Waals surface area contributed by atoms with E-state index in [4.69, 9.17) is 5.73 Å². The zero-order valence-electron chi connectivity index (χ0n) is 28.9. The lowest BCUT2D eigenvalue weighted by Crippen LogP contribution is -2.56. The number of rotatable bonds is 15. The molecule has 8 heteroatoms. The van der Waals surface area contributed by atoms with E-state index in [9.17, 15) is 18.8 Å². The maximum Gasteiger partial charge on any atom is 0.246 e. The van der Waals surface area contributed by atoms with E-state index >= 15 is 0 Å². The number of hydrogen-bond acceptors (Lipinski definition) is 4. The molecule has 3 amide bonds. The molecule has 0 radical (unpaired) electrons. The van der Waals surface area contributed by atoms with Crippen LogP contribution in [-0.2, 0) is 33.6 Å². The zero-order chi connectivity index (χ0) is 35.5. The third kappa shape index (κ3) is 9.76. The van der Waals surface area contributed by atoms with Gasteiger partial charge in [-0.05, 0) is 78.1 Å². The fourth-order valence-electron chi connectivity index (χ4n) is 6.31. The van der Waals surface area contributed by atoms with Crippen molar-refractivity contribution in [3.63, 3.8) is 0 Å². The highest BCUT2D eigenvalue weighted by Crippen LogP contribution is 2.32. The molecule has 0 spiro atoms. The van der Waals surface area contributed by atoms with Crippen LogP contribution < -0.4 is 11.1 Å². The van der Waals surface area contributed by atoms with Gasteiger partial charge in [0.15, 0.2) is 0 Å². The third-order valence-corrected chi connectivity index (χ3v) is 9.74. The van der Waals surface area contributed by atoms with Crippen LogP contribution in [0.3, 0.4) is 0 Å². The van der Waals surface area contributed by atoms with Crippen molar-refractivity contribution < 1.29 is 18.8 Å². The van der Waals surface area contributed by atoms with Crippen molar-refractivity contribution in [2.75, 3.05) is 20.6 Å². The van der Waals surface area contributed by atoms with Crippen molar-refractivity contribution in [1.29, 1.82) is 0 Å². The Balaban J connectivity index is 1.38. The lowest BCUT2D eigenvalue weighted by molar-refractivity contribution is -0.146. The maximum atomic E-state index is 14.5. The Morgan fingerprint density at radius 1 is 0.760 bits per heavy atom. The minimum absolute atomic E-state index is 0.175. The van der Waals surface area contributed by atoms with Gasteiger partial charge in [0.25, 0.3) is 0 Å². The second-order valence-electron chi connectivity index (χ2n) is 13.4. The molecule has 0 bridgehead atoms. The quantitative estimate of drug-likeness (QED) is 0.149. The first-order valence-electron chi connectivity index (χ1n) is 17.3. The van der Waals surface area contributed by atoms with Gasteiger partial charge in [0.05, 0.1) is 0 Å². The number of carbonyl (C=O) groups is 3. The minimum Gasteiger partial charge on any atom is -0.354 e. The molecule has 4 aromatic rings. The molecule has 0 saturated heterocycles. The van der Waals surface area contributed by atoms with Crippen molar-refractivity contribution >= 4 is 17.7 Å². The molecule has 50 heavy (non-hydrogen) atoms. The molecule has 0 aliphatic heterocycles. The molecule has 0 aromatic heterocycles. The molecular weight excluding hydrogens is 627 g/mol. The number of nitrogens with two attached hydrogens (primary N) is 1. The summed E-state index contributed by atoms with van der Waals surface area (Å²) in [5, 5.41) is 3.00. The Kier molecular flexibility index (Phi) is 12.3. The van der Waals surface area contributed by atoms with Crippen LogP contribution in [-0.4, -0.2) is 65.8 Å². The number of amides is 3. The summed E-state index contributed by atoms with van der Waals surface area (Å²) in [6.45, 7) is 0.383. The minimum atomic E-state index is -0.901. The van der Waals surface area contributed by atoms with Gasteiger partial charge in [-0.1, -0.05) is 103 Å². The number of likely N-dealkylation sites (N-methyl/N-ethyl adjacent to an activating group) is 2. The van der Waals surface area contributed by atoms with Gasteiger partial charge in [0.1, 0.15) is 17.9 Å². The first-order chi connectivity index (χ1) is 24.1. The van der Waals surface area contributed by atoms with Gasteiger partial charge >= 0.3 is 0 Å².